The molecule has 0 aliphatic heterocycles. The van der Waals surface area contributed by atoms with Crippen LogP contribution >= 0.6 is 0 Å². The topological polar surface area (TPSA) is 49.7 Å². The van der Waals surface area contributed by atoms with Gasteiger partial charge in [0.15, 0.2) is 0 Å². The maximum atomic E-state index is 13.9. The first kappa shape index (κ1) is 30.9. The molecule has 1 saturated carbocycles. The lowest BCUT2D eigenvalue weighted by atomic mass is 9.57. The van der Waals surface area contributed by atoms with Crippen molar-refractivity contribution in [3.05, 3.63) is 106 Å². The van der Waals surface area contributed by atoms with E-state index in [1.54, 1.807) is 0 Å². The highest BCUT2D eigenvalue weighted by molar-refractivity contribution is 6.32. The van der Waals surface area contributed by atoms with Gasteiger partial charge in [-0.15, -0.1) is 0 Å². The largest absolute Gasteiger partial charge is 0.634 e. The van der Waals surface area contributed by atoms with Gasteiger partial charge in [0.05, 0.1) is 27.7 Å². The molecule has 0 bridgehead atoms. The molecule has 4 rings (SSSR count). The second kappa shape index (κ2) is 11.0. The Morgan fingerprint density at radius 1 is 0.561 bits per heavy atom. The van der Waals surface area contributed by atoms with Gasteiger partial charge in [-0.2, -0.15) is 39.5 Å². The molecular formula is C28H24BF9O3. The number of alkyl halides is 9. The Morgan fingerprint density at radius 3 is 1.37 bits per heavy atom. The van der Waals surface area contributed by atoms with Gasteiger partial charge in [-0.1, -0.05) is 67.8 Å². The van der Waals surface area contributed by atoms with Gasteiger partial charge >= 0.3 is 25.9 Å². The van der Waals surface area contributed by atoms with Crippen LogP contribution in [0, 0.1) is 0 Å². The predicted octanol–water partition coefficient (Wildman–Crippen LogP) is 7.87. The molecule has 0 spiro atoms. The van der Waals surface area contributed by atoms with Crippen molar-refractivity contribution < 1.29 is 54.2 Å². The molecular weight excluding hydrogens is 566 g/mol. The van der Waals surface area contributed by atoms with E-state index in [-0.39, 0.29) is 42.4 Å². The molecule has 1 aliphatic carbocycles. The number of halogens is 9. The van der Waals surface area contributed by atoms with Crippen LogP contribution in [-0.4, -0.2) is 17.4 Å². The summed E-state index contributed by atoms with van der Waals surface area (Å²) in [6.07, 6.45) is -14.2. The van der Waals surface area contributed by atoms with Crippen molar-refractivity contribution in [2.75, 3.05) is 0 Å². The lowest BCUT2D eigenvalue weighted by Gasteiger charge is -2.52. The molecule has 1 aliphatic rings. The van der Waals surface area contributed by atoms with E-state index >= 15 is 0 Å². The molecule has 41 heavy (non-hydrogen) atoms. The molecule has 1 unspecified atom stereocenters. The van der Waals surface area contributed by atoms with Crippen molar-refractivity contribution in [2.24, 2.45) is 0 Å². The van der Waals surface area contributed by atoms with Gasteiger partial charge in [-0.05, 0) is 53.8 Å². The highest BCUT2D eigenvalue weighted by atomic mass is 19.4. The first-order chi connectivity index (χ1) is 19.0. The Hall–Kier alpha value is -3.03. The third-order valence-corrected chi connectivity index (χ3v) is 7.60. The predicted molar refractivity (Wildman–Crippen MR) is 131 cm³/mol. The summed E-state index contributed by atoms with van der Waals surface area (Å²) in [6, 6.07) is 11.2. The molecule has 13 heteroatoms. The molecule has 0 amide bonds. The molecule has 1 atom stereocenters. The van der Waals surface area contributed by atoms with E-state index in [1.165, 1.54) is 18.2 Å². The van der Waals surface area contributed by atoms with Gasteiger partial charge in [-0.3, -0.25) is 0 Å². The monoisotopic (exact) mass is 590 g/mol. The highest BCUT2D eigenvalue weighted by Crippen LogP contribution is 2.58. The highest BCUT2D eigenvalue weighted by Gasteiger charge is 2.58. The summed E-state index contributed by atoms with van der Waals surface area (Å²) in [6.45, 7) is 0. The molecule has 3 nitrogen and oxygen atoms in total. The molecule has 0 heterocycles. The Kier molecular flexibility index (Phi) is 8.29. The lowest BCUT2D eigenvalue weighted by molar-refractivity contribution is -0.139. The molecule has 2 N–H and O–H groups in total. The fourth-order valence-electron chi connectivity index (χ4n) is 5.94. The van der Waals surface area contributed by atoms with Crippen LogP contribution in [0.4, 0.5) is 39.5 Å². The summed E-state index contributed by atoms with van der Waals surface area (Å²) in [5.74, 6) is 0. The third-order valence-electron chi connectivity index (χ3n) is 7.60. The van der Waals surface area contributed by atoms with Gasteiger partial charge in [0.25, 0.3) is 0 Å². The van der Waals surface area contributed by atoms with Crippen LogP contribution in [0.1, 0.15) is 65.5 Å². The zero-order valence-electron chi connectivity index (χ0n) is 21.2. The summed E-state index contributed by atoms with van der Waals surface area (Å²) in [4.78, 5) is 0. The molecule has 3 aromatic rings. The van der Waals surface area contributed by atoms with E-state index in [2.05, 4.69) is 0 Å². The van der Waals surface area contributed by atoms with E-state index in [0.717, 1.165) is 48.5 Å². The van der Waals surface area contributed by atoms with Gasteiger partial charge in [-0.25, -0.2) is 0 Å². The standard InChI is InChI=1S/C28H24BF9O3/c30-26(31,32)21-10-4-7-18(15-21)24(19-8-5-11-22(16-19)27(33,34)35)13-2-1-3-14-25(24,41-29(39)40)20-9-6-12-23(17-20)28(36,37)38/h4-12,15-17,39-40H,1-3,13-14H2. The fraction of sp³-hybridized carbons (Fsp3) is 0.357. The zero-order chi connectivity index (χ0) is 30.3. The van der Waals surface area contributed by atoms with Crippen molar-refractivity contribution >= 4 is 7.32 Å². The minimum atomic E-state index is -4.87. The SMILES string of the molecule is OB(O)OC1(c2cccc(C(F)(F)F)c2)CCCCCC1(c1cccc(C(F)(F)F)c1)c1cccc(C(F)(F)F)c1. The molecule has 220 valence electrons. The summed E-state index contributed by atoms with van der Waals surface area (Å²) in [5.41, 5.74) is -8.40. The minimum absolute atomic E-state index is 0.182. The molecule has 1 fully saturated rings. The third kappa shape index (κ3) is 5.98. The Balaban J connectivity index is 2.19. The minimum Gasteiger partial charge on any atom is -0.402 e. The van der Waals surface area contributed by atoms with Crippen LogP contribution in [0.25, 0.3) is 0 Å². The van der Waals surface area contributed by atoms with E-state index < -0.39 is 53.6 Å². The van der Waals surface area contributed by atoms with E-state index in [9.17, 15) is 49.6 Å². The smallest absolute Gasteiger partial charge is 0.402 e. The van der Waals surface area contributed by atoms with E-state index in [0.29, 0.717) is 12.5 Å². The van der Waals surface area contributed by atoms with Crippen LogP contribution in [0.2, 0.25) is 0 Å². The van der Waals surface area contributed by atoms with Crippen LogP contribution in [0.5, 0.6) is 0 Å². The van der Waals surface area contributed by atoms with Crippen LogP contribution in [0.3, 0.4) is 0 Å². The van der Waals surface area contributed by atoms with Crippen molar-refractivity contribution in [2.45, 2.75) is 61.6 Å². The molecule has 3 aromatic carbocycles. The number of hydrogen-bond acceptors (Lipinski definition) is 3. The van der Waals surface area contributed by atoms with Gasteiger partial charge < -0.3 is 14.7 Å². The van der Waals surface area contributed by atoms with Crippen molar-refractivity contribution in [1.82, 2.24) is 0 Å². The average molecular weight is 590 g/mol. The van der Waals surface area contributed by atoms with Gasteiger partial charge in [0.2, 0.25) is 0 Å². The average Bonchev–Trinajstić information content (AvgIpc) is 3.08. The normalized spacial score (nSPS) is 20.0. The van der Waals surface area contributed by atoms with Crippen LogP contribution < -0.4 is 0 Å². The second-order valence-electron chi connectivity index (χ2n) is 9.97. The Labute approximate surface area is 229 Å². The van der Waals surface area contributed by atoms with Gasteiger partial charge in [0.1, 0.15) is 0 Å². The summed E-state index contributed by atoms with van der Waals surface area (Å²) in [7, 11) is -2.64. The van der Waals surface area contributed by atoms with E-state index in [4.69, 9.17) is 4.65 Å². The first-order valence-corrected chi connectivity index (χ1v) is 12.6. The number of benzene rings is 3. The van der Waals surface area contributed by atoms with Crippen molar-refractivity contribution in [3.8, 4) is 0 Å². The van der Waals surface area contributed by atoms with Crippen LogP contribution in [-0.2, 0) is 34.2 Å². The lowest BCUT2D eigenvalue weighted by Crippen LogP contribution is -2.54. The Bertz CT molecular complexity index is 1310. The van der Waals surface area contributed by atoms with Crippen molar-refractivity contribution in [1.29, 1.82) is 0 Å². The van der Waals surface area contributed by atoms with E-state index in [1.807, 2.05) is 0 Å². The second-order valence-corrected chi connectivity index (χ2v) is 9.97. The molecule has 0 saturated heterocycles. The maximum Gasteiger partial charge on any atom is 0.634 e. The van der Waals surface area contributed by atoms with Crippen LogP contribution in [0.15, 0.2) is 72.8 Å². The Morgan fingerprint density at radius 2 is 0.951 bits per heavy atom. The quantitative estimate of drug-likeness (QED) is 0.181. The molecule has 0 radical (unpaired) electrons. The fourth-order valence-corrected chi connectivity index (χ4v) is 5.94. The zero-order valence-corrected chi connectivity index (χ0v) is 21.2. The molecule has 0 aromatic heterocycles. The van der Waals surface area contributed by atoms with Crippen molar-refractivity contribution in [3.63, 3.8) is 0 Å². The number of rotatable bonds is 5. The van der Waals surface area contributed by atoms with Gasteiger partial charge in [0, 0.05) is 0 Å². The first-order valence-electron chi connectivity index (χ1n) is 12.6. The maximum absolute atomic E-state index is 13.9. The number of hydrogen-bond donors (Lipinski definition) is 2. The summed E-state index contributed by atoms with van der Waals surface area (Å²) >= 11 is 0. The summed E-state index contributed by atoms with van der Waals surface area (Å²) < 4.78 is 130. The summed E-state index contributed by atoms with van der Waals surface area (Å²) in [5, 5.41) is 20.2.